The third-order valence-electron chi connectivity index (χ3n) is 2.24. The van der Waals surface area contributed by atoms with Crippen LogP contribution in [-0.2, 0) is 0 Å². The van der Waals surface area contributed by atoms with Crippen LogP contribution in [0.3, 0.4) is 0 Å². The van der Waals surface area contributed by atoms with Crippen molar-refractivity contribution in [3.63, 3.8) is 0 Å². The van der Waals surface area contributed by atoms with Gasteiger partial charge in [0, 0.05) is 17.9 Å². The van der Waals surface area contributed by atoms with Gasteiger partial charge in [0.25, 0.3) is 0 Å². The summed E-state index contributed by atoms with van der Waals surface area (Å²) in [7, 11) is 0. The number of carbonyl (C=O) groups is 1. The number of nitrogens with zero attached hydrogens (tertiary/aromatic N) is 1. The van der Waals surface area contributed by atoms with E-state index in [1.54, 1.807) is 13.0 Å². The van der Waals surface area contributed by atoms with E-state index in [2.05, 4.69) is 4.98 Å². The molecule has 0 fully saturated rings. The second-order valence-corrected chi connectivity index (χ2v) is 4.44. The monoisotopic (exact) mass is 273 g/mol. The predicted octanol–water partition coefficient (Wildman–Crippen LogP) is -0.381. The number of hydrogen-bond donors (Lipinski definition) is 0. The van der Waals surface area contributed by atoms with E-state index in [-0.39, 0.29) is 46.6 Å². The molecule has 0 bridgehead atoms. The van der Waals surface area contributed by atoms with Gasteiger partial charge < -0.3 is 5.11 Å². The van der Waals surface area contributed by atoms with Crippen LogP contribution in [0.2, 0.25) is 0 Å². The Morgan fingerprint density at radius 1 is 1.50 bits per heavy atom. The van der Waals surface area contributed by atoms with E-state index in [0.717, 1.165) is 11.3 Å². The van der Waals surface area contributed by atoms with Crippen LogP contribution in [-0.4, -0.2) is 10.8 Å². The second kappa shape index (κ2) is 6.43. The van der Waals surface area contributed by atoms with Gasteiger partial charge in [-0.15, -0.1) is 11.3 Å². The van der Waals surface area contributed by atoms with E-state index < -0.39 is 11.7 Å². The molecule has 0 amide bonds. The minimum Gasteiger partial charge on any atom is -0.858 e. The first-order valence-corrected chi connectivity index (χ1v) is 5.90. The van der Waals surface area contributed by atoms with Crippen LogP contribution in [0.5, 0.6) is 5.88 Å². The summed E-state index contributed by atoms with van der Waals surface area (Å²) in [5.74, 6) is -1.15. The number of thiazole rings is 1. The zero-order valence-electron chi connectivity index (χ0n) is 10.1. The van der Waals surface area contributed by atoms with Gasteiger partial charge in [-0.25, -0.2) is 4.39 Å². The van der Waals surface area contributed by atoms with E-state index in [1.807, 2.05) is 0 Å². The summed E-state index contributed by atoms with van der Waals surface area (Å²) >= 11 is 1.01. The van der Waals surface area contributed by atoms with E-state index in [0.29, 0.717) is 10.6 Å². The van der Waals surface area contributed by atoms with Gasteiger partial charge >= 0.3 is 29.6 Å². The summed E-state index contributed by atoms with van der Waals surface area (Å²) in [4.78, 5) is 15.3. The summed E-state index contributed by atoms with van der Waals surface area (Å²) in [6, 6.07) is 5.80. The maximum Gasteiger partial charge on any atom is 1.00 e. The van der Waals surface area contributed by atoms with Gasteiger partial charge in [0.05, 0.1) is 4.88 Å². The van der Waals surface area contributed by atoms with E-state index in [1.165, 1.54) is 18.2 Å². The molecule has 3 nitrogen and oxygen atoms in total. The smallest absolute Gasteiger partial charge is 0.858 e. The summed E-state index contributed by atoms with van der Waals surface area (Å²) < 4.78 is 13.0. The first-order valence-electron chi connectivity index (χ1n) is 5.08. The molecule has 0 unspecified atom stereocenters. The molecule has 6 heteroatoms. The average Bonchev–Trinajstić information content (AvgIpc) is 2.70. The Morgan fingerprint density at radius 2 is 2.22 bits per heavy atom. The quantitative estimate of drug-likeness (QED) is 0.566. The van der Waals surface area contributed by atoms with Crippen molar-refractivity contribution in [1.29, 1.82) is 0 Å². The number of carbonyl (C=O) groups excluding carboxylic acids is 1. The molecular formula is C12H9FNNaO2S. The standard InChI is InChI=1S/C12H10FNO2S.Na/c1-2-9(15)10-11(16)14-12(17-10)7-4-3-5-8(13)6-7;/h3-6,16H,2H2,1H3;/q;+1/p-1. The van der Waals surface area contributed by atoms with Gasteiger partial charge in [0.1, 0.15) is 10.8 Å². The van der Waals surface area contributed by atoms with E-state index in [4.69, 9.17) is 0 Å². The molecule has 2 aromatic rings. The normalized spacial score (nSPS) is 9.89. The van der Waals surface area contributed by atoms with E-state index in [9.17, 15) is 14.3 Å². The van der Waals surface area contributed by atoms with Gasteiger partial charge in [0.2, 0.25) is 0 Å². The summed E-state index contributed by atoms with van der Waals surface area (Å²) in [6.07, 6.45) is 0.264. The van der Waals surface area contributed by atoms with Gasteiger partial charge in [-0.1, -0.05) is 19.1 Å². The van der Waals surface area contributed by atoms with Crippen molar-refractivity contribution in [2.45, 2.75) is 13.3 Å². The van der Waals surface area contributed by atoms with Gasteiger partial charge in [-0.2, -0.15) is 0 Å². The molecule has 0 spiro atoms. The Labute approximate surface area is 130 Å². The Bertz CT molecular complexity index is 571. The van der Waals surface area contributed by atoms with Crippen molar-refractivity contribution in [3.05, 3.63) is 35.0 Å². The maximum absolute atomic E-state index is 13.0. The molecule has 0 saturated heterocycles. The fourth-order valence-corrected chi connectivity index (χ4v) is 2.35. The molecule has 1 heterocycles. The Hall–Kier alpha value is -0.750. The Kier molecular flexibility index (Phi) is 5.47. The zero-order valence-corrected chi connectivity index (χ0v) is 12.9. The molecule has 0 aliphatic rings. The molecule has 88 valence electrons. The van der Waals surface area contributed by atoms with E-state index >= 15 is 0 Å². The number of rotatable bonds is 3. The van der Waals surface area contributed by atoms with Gasteiger partial charge in [-0.3, -0.25) is 9.78 Å². The molecule has 0 aliphatic heterocycles. The first kappa shape index (κ1) is 15.3. The number of benzene rings is 1. The Morgan fingerprint density at radius 3 is 2.83 bits per heavy atom. The maximum atomic E-state index is 13.0. The van der Waals surface area contributed by atoms with Crippen molar-refractivity contribution in [2.24, 2.45) is 0 Å². The average molecular weight is 273 g/mol. The molecule has 2 rings (SSSR count). The molecule has 0 saturated carbocycles. The van der Waals surface area contributed by atoms with Crippen LogP contribution in [0, 0.1) is 5.82 Å². The summed E-state index contributed by atoms with van der Waals surface area (Å²) in [5, 5.41) is 11.9. The Balaban J connectivity index is 0.00000162. The van der Waals surface area contributed by atoms with Crippen LogP contribution < -0.4 is 34.7 Å². The molecule has 18 heavy (non-hydrogen) atoms. The molecular weight excluding hydrogens is 264 g/mol. The minimum atomic E-state index is -0.527. The summed E-state index contributed by atoms with van der Waals surface area (Å²) in [5.41, 5.74) is 0.516. The largest absolute Gasteiger partial charge is 1.00 e. The van der Waals surface area contributed by atoms with Crippen molar-refractivity contribution < 1.29 is 43.8 Å². The van der Waals surface area contributed by atoms with Crippen molar-refractivity contribution in [1.82, 2.24) is 4.98 Å². The number of ketones is 1. The van der Waals surface area contributed by atoms with Crippen LogP contribution >= 0.6 is 11.3 Å². The predicted molar refractivity (Wildman–Crippen MR) is 61.6 cm³/mol. The molecule has 1 aromatic heterocycles. The van der Waals surface area contributed by atoms with Crippen molar-refractivity contribution in [3.8, 4) is 16.5 Å². The molecule has 0 N–H and O–H groups in total. The number of Topliss-reactive ketones (excluding diaryl/α,β-unsaturated/α-hetero) is 1. The van der Waals surface area contributed by atoms with Crippen molar-refractivity contribution in [2.75, 3.05) is 0 Å². The third-order valence-corrected chi connectivity index (χ3v) is 3.37. The molecule has 0 radical (unpaired) electrons. The van der Waals surface area contributed by atoms with Gasteiger partial charge in [0.15, 0.2) is 5.78 Å². The van der Waals surface area contributed by atoms with Crippen LogP contribution in [0.4, 0.5) is 4.39 Å². The fraction of sp³-hybridized carbons (Fsp3) is 0.167. The minimum absolute atomic E-state index is 0. The number of aromatic nitrogens is 1. The molecule has 0 atom stereocenters. The molecule has 1 aromatic carbocycles. The van der Waals surface area contributed by atoms with Crippen molar-refractivity contribution >= 4 is 17.1 Å². The van der Waals surface area contributed by atoms with Crippen LogP contribution in [0.15, 0.2) is 24.3 Å². The van der Waals surface area contributed by atoms with Crippen LogP contribution in [0.1, 0.15) is 23.0 Å². The first-order chi connectivity index (χ1) is 8.11. The topological polar surface area (TPSA) is 53.0 Å². The SMILES string of the molecule is CCC(=O)c1sc(-c2cccc(F)c2)nc1[O-].[Na+]. The number of hydrogen-bond acceptors (Lipinski definition) is 4. The number of halogens is 1. The van der Waals surface area contributed by atoms with Crippen LogP contribution in [0.25, 0.3) is 10.6 Å². The van der Waals surface area contributed by atoms with Gasteiger partial charge in [-0.05, 0) is 12.1 Å². The fourth-order valence-electron chi connectivity index (χ4n) is 1.39. The summed E-state index contributed by atoms with van der Waals surface area (Å²) in [6.45, 7) is 1.68. The zero-order chi connectivity index (χ0) is 12.4. The third kappa shape index (κ3) is 3.17. The molecule has 0 aliphatic carbocycles. The second-order valence-electron chi connectivity index (χ2n) is 3.44.